The number of aliphatic carboxylic acids is 1. The molecule has 1 heterocycles. The first-order valence-corrected chi connectivity index (χ1v) is 14.4. The maximum absolute atomic E-state index is 11.8. The molecule has 13 heteroatoms. The summed E-state index contributed by atoms with van der Waals surface area (Å²) in [4.78, 5) is 59.7. The molecule has 0 saturated carbocycles. The van der Waals surface area contributed by atoms with Gasteiger partial charge in [-0.3, -0.25) is 19.4 Å². The fourth-order valence-corrected chi connectivity index (χ4v) is 3.16. The molecule has 44 heavy (non-hydrogen) atoms. The lowest BCUT2D eigenvalue weighted by Crippen LogP contribution is -2.47. The van der Waals surface area contributed by atoms with Gasteiger partial charge < -0.3 is 42.2 Å². The molecule has 0 aliphatic carbocycles. The highest BCUT2D eigenvalue weighted by Crippen LogP contribution is 2.01. The number of hydrogen-bond acceptors (Lipinski definition) is 8. The first kappa shape index (κ1) is 39.1. The quantitative estimate of drug-likeness (QED) is 0.195. The predicted molar refractivity (Wildman–Crippen MR) is 171 cm³/mol. The first-order valence-electron chi connectivity index (χ1n) is 14.4. The molecule has 1 aliphatic heterocycles. The second-order valence-electron chi connectivity index (χ2n) is 9.67. The molecule has 3 rings (SSSR count). The molecule has 0 saturated heterocycles. The molecule has 8 N–H and O–H groups in total. The third kappa shape index (κ3) is 22.7. The zero-order chi connectivity index (χ0) is 33.2. The zero-order valence-corrected chi connectivity index (χ0v) is 26.0. The number of carboxylic acids is 1. The average Bonchev–Trinajstić information content (AvgIpc) is 2.99. The van der Waals surface area contributed by atoms with E-state index in [-0.39, 0.29) is 6.54 Å². The molecule has 13 nitrogen and oxygen atoms in total. The van der Waals surface area contributed by atoms with Gasteiger partial charge in [-0.25, -0.2) is 4.79 Å². The van der Waals surface area contributed by atoms with Gasteiger partial charge in [-0.2, -0.15) is 0 Å². The second kappa shape index (κ2) is 24.6. The van der Waals surface area contributed by atoms with E-state index in [4.69, 9.17) is 10.8 Å². The van der Waals surface area contributed by atoms with Gasteiger partial charge in [0.25, 0.3) is 0 Å². The number of hydrogen-bond donors (Lipinski definition) is 7. The van der Waals surface area contributed by atoms with E-state index in [9.17, 15) is 24.0 Å². The van der Waals surface area contributed by atoms with E-state index >= 15 is 0 Å². The van der Waals surface area contributed by atoms with Gasteiger partial charge in [-0.05, 0) is 32.3 Å². The van der Waals surface area contributed by atoms with Crippen molar-refractivity contribution in [2.75, 3.05) is 26.2 Å². The largest absolute Gasteiger partial charge is 0.480 e. The summed E-state index contributed by atoms with van der Waals surface area (Å²) in [6.07, 6.45) is 3.29. The Labute approximate surface area is 259 Å². The Kier molecular flexibility index (Phi) is 21.9. The van der Waals surface area contributed by atoms with E-state index in [0.29, 0.717) is 24.7 Å². The average molecular weight is 614 g/mol. The van der Waals surface area contributed by atoms with Crippen LogP contribution in [0.5, 0.6) is 0 Å². The molecular formula is C31H47N7O6. The van der Waals surface area contributed by atoms with Crippen LogP contribution in [-0.4, -0.2) is 79.4 Å². The molecule has 2 atom stereocenters. The van der Waals surface area contributed by atoms with Gasteiger partial charge in [0.1, 0.15) is 12.8 Å². The van der Waals surface area contributed by atoms with Crippen LogP contribution in [0.15, 0.2) is 65.7 Å². The van der Waals surface area contributed by atoms with Crippen LogP contribution in [0.1, 0.15) is 44.7 Å². The summed E-state index contributed by atoms with van der Waals surface area (Å²) in [6, 6.07) is 18.3. The number of nitrogens with zero attached hydrogens (tertiary/aromatic N) is 1. The van der Waals surface area contributed by atoms with E-state index in [2.05, 4.69) is 66.1 Å². The van der Waals surface area contributed by atoms with Gasteiger partial charge in [0.2, 0.25) is 11.8 Å². The monoisotopic (exact) mass is 613 g/mol. The molecular weight excluding hydrogens is 566 g/mol. The lowest BCUT2D eigenvalue weighted by molar-refractivity contribution is -0.135. The summed E-state index contributed by atoms with van der Waals surface area (Å²) in [7, 11) is 0. The number of aliphatic imine (C=N–C) groups is 1. The number of benzene rings is 2. The lowest BCUT2D eigenvalue weighted by Gasteiger charge is -2.17. The Hall–Kier alpha value is -4.94. The van der Waals surface area contributed by atoms with Crippen molar-refractivity contribution in [2.45, 2.75) is 59.0 Å². The van der Waals surface area contributed by atoms with Crippen LogP contribution in [0.3, 0.4) is 0 Å². The molecule has 0 radical (unpaired) electrons. The number of nitrogens with two attached hydrogens (primary N) is 1. The Morgan fingerprint density at radius 2 is 1.50 bits per heavy atom. The summed E-state index contributed by atoms with van der Waals surface area (Å²) >= 11 is 0. The number of carbonyl (C=O) groups is 5. The van der Waals surface area contributed by atoms with Crippen LogP contribution in [-0.2, 0) is 25.6 Å². The maximum atomic E-state index is 11.8. The number of carboxylic acid groups (broad SMARTS) is 1. The number of aldehydes is 1. The summed E-state index contributed by atoms with van der Waals surface area (Å²) < 4.78 is 0. The summed E-state index contributed by atoms with van der Waals surface area (Å²) in [6.45, 7) is 7.93. The van der Waals surface area contributed by atoms with Crippen molar-refractivity contribution < 1.29 is 29.1 Å². The van der Waals surface area contributed by atoms with Crippen LogP contribution >= 0.6 is 0 Å². The molecule has 1 aliphatic rings. The fraction of sp³-hybridized carbons (Fsp3) is 0.419. The minimum absolute atomic E-state index is 0.329. The molecule has 0 fully saturated rings. The van der Waals surface area contributed by atoms with E-state index < -0.39 is 42.9 Å². The van der Waals surface area contributed by atoms with Crippen LogP contribution in [0.4, 0.5) is 4.79 Å². The lowest BCUT2D eigenvalue weighted by atomic mass is 10.1. The second-order valence-corrected chi connectivity index (χ2v) is 9.67. The van der Waals surface area contributed by atoms with Crippen molar-refractivity contribution in [3.63, 3.8) is 0 Å². The van der Waals surface area contributed by atoms with Crippen LogP contribution in [0.25, 0.3) is 0 Å². The van der Waals surface area contributed by atoms with Gasteiger partial charge in [0.15, 0.2) is 5.96 Å². The molecule has 4 amide bonds. The number of rotatable bonds is 10. The standard InChI is InChI=1S/C16H20N4O6.C7H8.C5H11N3.C3H8/c21-10-12(6-11-4-2-1-3-5-11)20-14(23)8-17-13(22)7-18-16(26)19-9-15(24)25;1-7-5-3-2-4-6-7;1-4-2-3-7-5(6)8-4;1-3-2/h1-5,10,12H,6-9H2,(H,17,22)(H,20,23)(H,24,25)(H2,18,19,26);2-6H,1H3;4H,2-3H2,1H3,(H3,6,7,8);3H2,1-2H3. The minimum Gasteiger partial charge on any atom is -0.480 e. The Morgan fingerprint density at radius 3 is 1.95 bits per heavy atom. The van der Waals surface area contributed by atoms with Gasteiger partial charge in [0, 0.05) is 12.6 Å². The minimum atomic E-state index is -1.22. The topological polar surface area (TPSA) is 204 Å². The zero-order valence-electron chi connectivity index (χ0n) is 26.0. The van der Waals surface area contributed by atoms with Gasteiger partial charge >= 0.3 is 12.0 Å². The Balaban J connectivity index is 0.000000819. The highest BCUT2D eigenvalue weighted by molar-refractivity contribution is 5.89. The van der Waals surface area contributed by atoms with E-state index in [0.717, 1.165) is 18.5 Å². The van der Waals surface area contributed by atoms with Crippen LogP contribution in [0, 0.1) is 6.92 Å². The number of nitrogens with one attached hydrogen (secondary N) is 5. The Bertz CT molecular complexity index is 1150. The summed E-state index contributed by atoms with van der Waals surface area (Å²) in [5.41, 5.74) is 7.57. The molecule has 2 unspecified atom stereocenters. The van der Waals surface area contributed by atoms with Crippen molar-refractivity contribution in [1.29, 1.82) is 0 Å². The number of guanidine groups is 1. The molecule has 0 bridgehead atoms. The maximum Gasteiger partial charge on any atom is 0.323 e. The highest BCUT2D eigenvalue weighted by atomic mass is 16.4. The Morgan fingerprint density at radius 1 is 0.955 bits per heavy atom. The van der Waals surface area contributed by atoms with Gasteiger partial charge in [-0.1, -0.05) is 86.5 Å². The van der Waals surface area contributed by atoms with E-state index in [1.165, 1.54) is 12.0 Å². The van der Waals surface area contributed by atoms with Crippen molar-refractivity contribution in [2.24, 2.45) is 10.7 Å². The molecule has 242 valence electrons. The molecule has 2 aromatic carbocycles. The molecule has 0 aromatic heterocycles. The molecule has 2 aromatic rings. The SMILES string of the molecule is CC1CCN=C(N)N1.CCC.Cc1ccccc1.O=CC(Cc1ccccc1)NC(=O)CNC(=O)CNC(=O)NCC(=O)O. The van der Waals surface area contributed by atoms with Gasteiger partial charge in [-0.15, -0.1) is 0 Å². The van der Waals surface area contributed by atoms with Crippen molar-refractivity contribution >= 4 is 36.1 Å². The summed E-state index contributed by atoms with van der Waals surface area (Å²) in [5.74, 6) is -1.83. The highest BCUT2D eigenvalue weighted by Gasteiger charge is 2.13. The van der Waals surface area contributed by atoms with E-state index in [1.807, 2.05) is 53.8 Å². The predicted octanol–water partition coefficient (Wildman–Crippen LogP) is 1.51. The van der Waals surface area contributed by atoms with E-state index in [1.54, 1.807) is 0 Å². The normalized spacial score (nSPS) is 13.5. The number of amides is 4. The van der Waals surface area contributed by atoms with Crippen molar-refractivity contribution in [3.05, 3.63) is 71.8 Å². The number of aryl methyl sites for hydroxylation is 1. The number of urea groups is 1. The van der Waals surface area contributed by atoms with Crippen molar-refractivity contribution in [1.82, 2.24) is 26.6 Å². The summed E-state index contributed by atoms with van der Waals surface area (Å²) in [5, 5.41) is 20.3. The third-order valence-electron chi connectivity index (χ3n) is 5.24. The smallest absolute Gasteiger partial charge is 0.323 e. The molecule has 0 spiro atoms. The first-order chi connectivity index (χ1) is 21.0. The number of carbonyl (C=O) groups excluding carboxylic acids is 4. The third-order valence-corrected chi connectivity index (χ3v) is 5.24. The van der Waals surface area contributed by atoms with Crippen molar-refractivity contribution in [3.8, 4) is 0 Å². The van der Waals surface area contributed by atoms with Gasteiger partial charge in [0.05, 0.1) is 19.1 Å². The fourth-order valence-electron chi connectivity index (χ4n) is 3.16. The van der Waals surface area contributed by atoms with Crippen LogP contribution in [0.2, 0.25) is 0 Å². The van der Waals surface area contributed by atoms with Crippen LogP contribution < -0.4 is 32.3 Å².